The van der Waals surface area contributed by atoms with E-state index in [2.05, 4.69) is 11.1 Å². The molecule has 1 heterocycles. The van der Waals surface area contributed by atoms with Crippen molar-refractivity contribution in [3.63, 3.8) is 0 Å². The van der Waals surface area contributed by atoms with Crippen molar-refractivity contribution in [2.45, 2.75) is 18.9 Å². The number of ether oxygens (including phenoxy) is 2. The summed E-state index contributed by atoms with van der Waals surface area (Å²) in [6, 6.07) is 20.1. The van der Waals surface area contributed by atoms with Gasteiger partial charge in [0.1, 0.15) is 5.75 Å². The van der Waals surface area contributed by atoms with Gasteiger partial charge in [0.05, 0.1) is 31.9 Å². The van der Waals surface area contributed by atoms with Gasteiger partial charge in [-0.3, -0.25) is 4.98 Å². The van der Waals surface area contributed by atoms with Crippen molar-refractivity contribution in [1.29, 1.82) is 5.26 Å². The molecule has 0 radical (unpaired) electrons. The van der Waals surface area contributed by atoms with Crippen LogP contribution in [0.25, 0.3) is 10.9 Å². The van der Waals surface area contributed by atoms with Crippen molar-refractivity contribution in [3.05, 3.63) is 71.9 Å². The topological polar surface area (TPSA) is 55.1 Å². The molecule has 25 heavy (non-hydrogen) atoms. The summed E-state index contributed by atoms with van der Waals surface area (Å²) in [7, 11) is 1.65. The predicted molar refractivity (Wildman–Crippen MR) is 97.4 cm³/mol. The predicted octanol–water partition coefficient (Wildman–Crippen LogP) is 4.46. The van der Waals surface area contributed by atoms with E-state index in [1.807, 2.05) is 54.6 Å². The Morgan fingerprint density at radius 2 is 1.88 bits per heavy atom. The number of hydrogen-bond donors (Lipinski definition) is 0. The summed E-state index contributed by atoms with van der Waals surface area (Å²) in [5.41, 5.74) is 3.14. The van der Waals surface area contributed by atoms with Crippen molar-refractivity contribution < 1.29 is 9.47 Å². The molecule has 0 N–H and O–H groups in total. The van der Waals surface area contributed by atoms with Gasteiger partial charge in [0, 0.05) is 23.9 Å². The molecule has 0 aliphatic rings. The number of hydrogen-bond acceptors (Lipinski definition) is 4. The molecule has 3 rings (SSSR count). The third kappa shape index (κ3) is 4.14. The second-order valence-corrected chi connectivity index (χ2v) is 5.84. The van der Waals surface area contributed by atoms with Crippen LogP contribution in [0, 0.1) is 11.3 Å². The van der Waals surface area contributed by atoms with Gasteiger partial charge in [-0.05, 0) is 35.4 Å². The minimum absolute atomic E-state index is 0.0242. The Bertz CT molecular complexity index is 864. The Balaban J connectivity index is 1.71. The van der Waals surface area contributed by atoms with Crippen molar-refractivity contribution >= 4 is 10.9 Å². The average molecular weight is 332 g/mol. The van der Waals surface area contributed by atoms with Crippen LogP contribution < -0.4 is 4.74 Å². The molecule has 1 atom stereocenters. The van der Waals surface area contributed by atoms with Crippen LogP contribution in [-0.4, -0.2) is 18.7 Å². The quantitative estimate of drug-likeness (QED) is 0.641. The summed E-state index contributed by atoms with van der Waals surface area (Å²) in [6.07, 6.45) is 2.21. The minimum atomic E-state index is 0.0242. The van der Waals surface area contributed by atoms with Gasteiger partial charge in [-0.15, -0.1) is 0 Å². The van der Waals surface area contributed by atoms with Crippen LogP contribution in [-0.2, 0) is 11.3 Å². The molecule has 4 heteroatoms. The van der Waals surface area contributed by atoms with Crippen LogP contribution >= 0.6 is 0 Å². The molecule has 2 aromatic carbocycles. The van der Waals surface area contributed by atoms with E-state index < -0.39 is 0 Å². The molecule has 0 aliphatic heterocycles. The highest BCUT2D eigenvalue weighted by atomic mass is 16.5. The molecule has 0 bridgehead atoms. The first-order chi connectivity index (χ1) is 12.3. The van der Waals surface area contributed by atoms with Gasteiger partial charge < -0.3 is 9.47 Å². The molecule has 0 amide bonds. The highest BCUT2D eigenvalue weighted by Crippen LogP contribution is 2.27. The number of rotatable bonds is 7. The van der Waals surface area contributed by atoms with Gasteiger partial charge in [0.25, 0.3) is 0 Å². The summed E-state index contributed by atoms with van der Waals surface area (Å²) >= 11 is 0. The second kappa shape index (κ2) is 8.27. The number of pyridine rings is 1. The summed E-state index contributed by atoms with van der Waals surface area (Å²) in [6.45, 7) is 1.00. The molecule has 0 spiro atoms. The molecule has 0 aliphatic carbocycles. The maximum atomic E-state index is 9.21. The summed E-state index contributed by atoms with van der Waals surface area (Å²) in [5.74, 6) is 0.852. The van der Waals surface area contributed by atoms with Crippen LogP contribution in [0.3, 0.4) is 0 Å². The molecule has 0 saturated carbocycles. The number of nitriles is 1. The number of fused-ring (bicyclic) bond motifs is 1. The van der Waals surface area contributed by atoms with E-state index in [4.69, 9.17) is 9.47 Å². The highest BCUT2D eigenvalue weighted by Gasteiger charge is 2.15. The van der Waals surface area contributed by atoms with Crippen molar-refractivity contribution in [2.24, 2.45) is 0 Å². The maximum absolute atomic E-state index is 9.21. The number of methoxy groups -OCH3 is 1. The molecular weight excluding hydrogens is 312 g/mol. The Kier molecular flexibility index (Phi) is 5.61. The van der Waals surface area contributed by atoms with E-state index in [0.717, 1.165) is 27.8 Å². The summed E-state index contributed by atoms with van der Waals surface area (Å²) < 4.78 is 11.1. The first-order valence-corrected chi connectivity index (χ1v) is 8.23. The Morgan fingerprint density at radius 1 is 1.08 bits per heavy atom. The SMILES string of the molecule is COc1ccc(COC[C@H](CC#N)c2ccnc3ccccc23)cc1. The maximum Gasteiger partial charge on any atom is 0.118 e. The fraction of sp³-hybridized carbons (Fsp3) is 0.238. The first-order valence-electron chi connectivity index (χ1n) is 8.23. The molecule has 0 unspecified atom stereocenters. The third-order valence-electron chi connectivity index (χ3n) is 4.21. The van der Waals surface area contributed by atoms with Crippen LogP contribution in [0.5, 0.6) is 5.75 Å². The monoisotopic (exact) mass is 332 g/mol. The van der Waals surface area contributed by atoms with Crippen molar-refractivity contribution in [3.8, 4) is 11.8 Å². The van der Waals surface area contributed by atoms with Crippen LogP contribution in [0.4, 0.5) is 0 Å². The van der Waals surface area contributed by atoms with Gasteiger partial charge in [-0.25, -0.2) is 0 Å². The van der Waals surface area contributed by atoms with Gasteiger partial charge >= 0.3 is 0 Å². The smallest absolute Gasteiger partial charge is 0.118 e. The van der Waals surface area contributed by atoms with Crippen LogP contribution in [0.1, 0.15) is 23.5 Å². The molecule has 4 nitrogen and oxygen atoms in total. The zero-order valence-corrected chi connectivity index (χ0v) is 14.2. The van der Waals surface area contributed by atoms with E-state index in [1.54, 1.807) is 13.3 Å². The molecular formula is C21H20N2O2. The number of aromatic nitrogens is 1. The number of nitrogens with zero attached hydrogens (tertiary/aromatic N) is 2. The normalized spacial score (nSPS) is 11.8. The zero-order valence-electron chi connectivity index (χ0n) is 14.2. The van der Waals surface area contributed by atoms with Gasteiger partial charge in [0.2, 0.25) is 0 Å². The zero-order chi connectivity index (χ0) is 17.5. The lowest BCUT2D eigenvalue weighted by Gasteiger charge is -2.16. The average Bonchev–Trinajstić information content (AvgIpc) is 2.67. The van der Waals surface area contributed by atoms with Crippen molar-refractivity contribution in [1.82, 2.24) is 4.98 Å². The standard InChI is InChI=1S/C21H20N2O2/c1-24-18-8-6-16(7-9-18)14-25-15-17(10-12-22)19-11-13-23-21-5-3-2-4-20(19)21/h2-9,11,13,17H,10,14-15H2,1H3/t17-/m0/s1. The highest BCUT2D eigenvalue weighted by molar-refractivity contribution is 5.82. The minimum Gasteiger partial charge on any atom is -0.497 e. The van der Waals surface area contributed by atoms with Gasteiger partial charge in [0.15, 0.2) is 0 Å². The van der Waals surface area contributed by atoms with E-state index in [9.17, 15) is 5.26 Å². The molecule has 126 valence electrons. The Labute approximate surface area is 147 Å². The number of benzene rings is 2. The lowest BCUT2D eigenvalue weighted by molar-refractivity contribution is 0.108. The van der Waals surface area contributed by atoms with E-state index in [0.29, 0.717) is 19.6 Å². The molecule has 0 saturated heterocycles. The van der Waals surface area contributed by atoms with Gasteiger partial charge in [-0.2, -0.15) is 5.26 Å². The van der Waals surface area contributed by atoms with Crippen molar-refractivity contribution in [2.75, 3.05) is 13.7 Å². The van der Waals surface area contributed by atoms with Gasteiger partial charge in [-0.1, -0.05) is 30.3 Å². The second-order valence-electron chi connectivity index (χ2n) is 5.84. The summed E-state index contributed by atoms with van der Waals surface area (Å²) in [4.78, 5) is 4.39. The van der Waals surface area contributed by atoms with E-state index >= 15 is 0 Å². The van der Waals surface area contributed by atoms with Crippen LogP contribution in [0.2, 0.25) is 0 Å². The molecule has 0 fully saturated rings. The summed E-state index contributed by atoms with van der Waals surface area (Å²) in [5, 5.41) is 10.3. The van der Waals surface area contributed by atoms with Crippen LogP contribution in [0.15, 0.2) is 60.8 Å². The molecule has 3 aromatic rings. The lowest BCUT2D eigenvalue weighted by Crippen LogP contribution is -2.08. The fourth-order valence-electron chi connectivity index (χ4n) is 2.88. The van der Waals surface area contributed by atoms with E-state index in [1.165, 1.54) is 0 Å². The lowest BCUT2D eigenvalue weighted by atomic mass is 9.94. The largest absolute Gasteiger partial charge is 0.497 e. The Morgan fingerprint density at radius 3 is 2.64 bits per heavy atom. The molecule has 1 aromatic heterocycles. The van der Waals surface area contributed by atoms with E-state index in [-0.39, 0.29) is 5.92 Å². The third-order valence-corrected chi connectivity index (χ3v) is 4.21. The first kappa shape index (κ1) is 16.9. The Hall–Kier alpha value is -2.90. The number of para-hydroxylation sites is 1. The fourth-order valence-corrected chi connectivity index (χ4v) is 2.88.